The van der Waals surface area contributed by atoms with Gasteiger partial charge >= 0.3 is 0 Å². The third-order valence-electron chi connectivity index (χ3n) is 3.90. The van der Waals surface area contributed by atoms with Crippen LogP contribution in [0.2, 0.25) is 0 Å². The van der Waals surface area contributed by atoms with Crippen LogP contribution in [0.5, 0.6) is 5.75 Å². The average Bonchev–Trinajstić information content (AvgIpc) is 3.28. The molecule has 7 heteroatoms. The van der Waals surface area contributed by atoms with E-state index in [1.807, 2.05) is 24.3 Å². The van der Waals surface area contributed by atoms with E-state index in [0.29, 0.717) is 18.8 Å². The smallest absolute Gasteiger partial charge is 0.276 e. The Labute approximate surface area is 134 Å². The topological polar surface area (TPSA) is 80.3 Å². The van der Waals surface area contributed by atoms with Crippen molar-refractivity contribution in [3.05, 3.63) is 41.7 Å². The van der Waals surface area contributed by atoms with Gasteiger partial charge in [-0.3, -0.25) is 4.79 Å². The predicted molar refractivity (Wildman–Crippen MR) is 83.1 cm³/mol. The molecule has 7 nitrogen and oxygen atoms in total. The van der Waals surface area contributed by atoms with Gasteiger partial charge in [0.25, 0.3) is 5.91 Å². The minimum absolute atomic E-state index is 0.0871. The zero-order chi connectivity index (χ0) is 16.1. The van der Waals surface area contributed by atoms with Gasteiger partial charge in [-0.15, -0.1) is 0 Å². The standard InChI is InChI=1S/C16H20N4O3/c1-22-13-6-4-12(5-7-13)10-20(11-14-3-2-8-23-14)16(21)15-9-17-19-18-15/h4-7,9,14H,2-3,8,10-11H2,1H3,(H,17,18,19). The van der Waals surface area contributed by atoms with E-state index in [2.05, 4.69) is 15.4 Å². The van der Waals surface area contributed by atoms with Gasteiger partial charge in [0.2, 0.25) is 0 Å². The largest absolute Gasteiger partial charge is 0.497 e. The number of carbonyl (C=O) groups is 1. The maximum Gasteiger partial charge on any atom is 0.276 e. The van der Waals surface area contributed by atoms with Crippen molar-refractivity contribution >= 4 is 5.91 Å². The highest BCUT2D eigenvalue weighted by Crippen LogP contribution is 2.18. The lowest BCUT2D eigenvalue weighted by Crippen LogP contribution is -2.37. The minimum Gasteiger partial charge on any atom is -0.497 e. The normalized spacial score (nSPS) is 17.2. The molecule has 2 heterocycles. The first kappa shape index (κ1) is 15.5. The molecule has 122 valence electrons. The van der Waals surface area contributed by atoms with Crippen LogP contribution in [0.4, 0.5) is 0 Å². The number of benzene rings is 1. The fourth-order valence-corrected chi connectivity index (χ4v) is 2.67. The summed E-state index contributed by atoms with van der Waals surface area (Å²) in [5.74, 6) is 0.646. The molecule has 1 fully saturated rings. The highest BCUT2D eigenvalue weighted by Gasteiger charge is 2.24. The zero-order valence-electron chi connectivity index (χ0n) is 13.1. The molecule has 3 rings (SSSR count). The van der Waals surface area contributed by atoms with E-state index in [9.17, 15) is 4.79 Å². The molecule has 23 heavy (non-hydrogen) atoms. The summed E-state index contributed by atoms with van der Waals surface area (Å²) in [6.07, 6.45) is 3.55. The quantitative estimate of drug-likeness (QED) is 0.876. The van der Waals surface area contributed by atoms with Gasteiger partial charge in [0.1, 0.15) is 5.75 Å². The molecule has 1 aliphatic heterocycles. The Morgan fingerprint density at radius 3 is 2.87 bits per heavy atom. The summed E-state index contributed by atoms with van der Waals surface area (Å²) in [5.41, 5.74) is 1.34. The summed E-state index contributed by atoms with van der Waals surface area (Å²) in [6.45, 7) is 1.81. The van der Waals surface area contributed by atoms with Crippen LogP contribution in [0, 0.1) is 0 Å². The summed E-state index contributed by atoms with van der Waals surface area (Å²) in [7, 11) is 1.63. The van der Waals surface area contributed by atoms with Gasteiger partial charge in [0.05, 0.1) is 19.4 Å². The van der Waals surface area contributed by atoms with E-state index in [-0.39, 0.29) is 12.0 Å². The highest BCUT2D eigenvalue weighted by molar-refractivity contribution is 5.91. The fourth-order valence-electron chi connectivity index (χ4n) is 2.67. The van der Waals surface area contributed by atoms with E-state index >= 15 is 0 Å². The summed E-state index contributed by atoms with van der Waals surface area (Å²) >= 11 is 0. The number of amides is 1. The molecule has 1 aliphatic rings. The minimum atomic E-state index is -0.148. The van der Waals surface area contributed by atoms with E-state index in [1.165, 1.54) is 6.20 Å². The third-order valence-corrected chi connectivity index (χ3v) is 3.90. The molecule has 0 aliphatic carbocycles. The number of aromatic amines is 1. The fraction of sp³-hybridized carbons (Fsp3) is 0.438. The number of H-pyrrole nitrogens is 1. The summed E-state index contributed by atoms with van der Waals surface area (Å²) in [4.78, 5) is 14.4. The number of carbonyl (C=O) groups excluding carboxylic acids is 1. The molecule has 0 radical (unpaired) electrons. The molecule has 1 aromatic carbocycles. The predicted octanol–water partition coefficient (Wildman–Crippen LogP) is 1.63. The molecule has 1 unspecified atom stereocenters. The Bertz CT molecular complexity index is 621. The Kier molecular flexibility index (Phi) is 4.87. The van der Waals surface area contributed by atoms with Crippen LogP contribution in [0.3, 0.4) is 0 Å². The zero-order valence-corrected chi connectivity index (χ0v) is 13.1. The summed E-state index contributed by atoms with van der Waals surface area (Å²) in [6, 6.07) is 7.69. The van der Waals surface area contributed by atoms with Crippen LogP contribution in [-0.2, 0) is 11.3 Å². The van der Waals surface area contributed by atoms with Gasteiger partial charge in [-0.2, -0.15) is 15.4 Å². The molecule has 1 amide bonds. The van der Waals surface area contributed by atoms with Crippen molar-refractivity contribution < 1.29 is 14.3 Å². The molecule has 1 N–H and O–H groups in total. The Hall–Kier alpha value is -2.41. The number of rotatable bonds is 6. The molecular weight excluding hydrogens is 296 g/mol. The molecule has 2 aromatic rings. The first-order valence-corrected chi connectivity index (χ1v) is 7.66. The highest BCUT2D eigenvalue weighted by atomic mass is 16.5. The van der Waals surface area contributed by atoms with Crippen molar-refractivity contribution in [3.8, 4) is 5.75 Å². The van der Waals surface area contributed by atoms with Crippen LogP contribution in [0.1, 0.15) is 28.9 Å². The number of methoxy groups -OCH3 is 1. The lowest BCUT2D eigenvalue weighted by molar-refractivity contribution is 0.0503. The van der Waals surface area contributed by atoms with Crippen LogP contribution >= 0.6 is 0 Å². The third kappa shape index (κ3) is 3.87. The monoisotopic (exact) mass is 316 g/mol. The van der Waals surface area contributed by atoms with Crippen LogP contribution in [-0.4, -0.2) is 52.6 Å². The van der Waals surface area contributed by atoms with Crippen molar-refractivity contribution in [3.63, 3.8) is 0 Å². The van der Waals surface area contributed by atoms with E-state index < -0.39 is 0 Å². The average molecular weight is 316 g/mol. The lowest BCUT2D eigenvalue weighted by atomic mass is 10.1. The van der Waals surface area contributed by atoms with Crippen molar-refractivity contribution in [1.82, 2.24) is 20.3 Å². The number of hydrogen-bond acceptors (Lipinski definition) is 5. The maximum absolute atomic E-state index is 12.6. The molecular formula is C16H20N4O3. The Morgan fingerprint density at radius 1 is 1.43 bits per heavy atom. The second-order valence-corrected chi connectivity index (χ2v) is 5.52. The van der Waals surface area contributed by atoms with E-state index in [0.717, 1.165) is 30.8 Å². The van der Waals surface area contributed by atoms with Gasteiger partial charge in [-0.1, -0.05) is 12.1 Å². The van der Waals surface area contributed by atoms with Crippen molar-refractivity contribution in [2.24, 2.45) is 0 Å². The summed E-state index contributed by atoms with van der Waals surface area (Å²) < 4.78 is 10.8. The van der Waals surface area contributed by atoms with Crippen molar-refractivity contribution in [1.29, 1.82) is 0 Å². The molecule has 0 bridgehead atoms. The van der Waals surface area contributed by atoms with Gasteiger partial charge < -0.3 is 14.4 Å². The van der Waals surface area contributed by atoms with Gasteiger partial charge in [0, 0.05) is 19.7 Å². The second kappa shape index (κ2) is 7.23. The van der Waals surface area contributed by atoms with Crippen LogP contribution in [0.15, 0.2) is 30.5 Å². The van der Waals surface area contributed by atoms with Crippen LogP contribution < -0.4 is 4.74 Å². The number of nitrogens with one attached hydrogen (secondary N) is 1. The molecule has 0 spiro atoms. The second-order valence-electron chi connectivity index (χ2n) is 5.52. The van der Waals surface area contributed by atoms with E-state index in [1.54, 1.807) is 12.0 Å². The number of nitrogens with zero attached hydrogens (tertiary/aromatic N) is 3. The SMILES string of the molecule is COc1ccc(CN(CC2CCCO2)C(=O)c2cn[nH]n2)cc1. The first-order valence-electron chi connectivity index (χ1n) is 7.66. The molecule has 1 saturated heterocycles. The molecule has 1 aromatic heterocycles. The van der Waals surface area contributed by atoms with Gasteiger partial charge in [-0.05, 0) is 30.5 Å². The van der Waals surface area contributed by atoms with E-state index in [4.69, 9.17) is 9.47 Å². The summed E-state index contributed by atoms with van der Waals surface area (Å²) in [5, 5.41) is 10.1. The number of hydrogen-bond donors (Lipinski definition) is 1. The number of aromatic nitrogens is 3. The first-order chi connectivity index (χ1) is 11.3. The van der Waals surface area contributed by atoms with Crippen LogP contribution in [0.25, 0.3) is 0 Å². The number of ether oxygens (including phenoxy) is 2. The molecule has 0 saturated carbocycles. The van der Waals surface area contributed by atoms with Crippen molar-refractivity contribution in [2.45, 2.75) is 25.5 Å². The maximum atomic E-state index is 12.6. The van der Waals surface area contributed by atoms with Gasteiger partial charge in [0.15, 0.2) is 5.69 Å². The Morgan fingerprint density at radius 2 is 2.26 bits per heavy atom. The molecule has 1 atom stereocenters. The van der Waals surface area contributed by atoms with Gasteiger partial charge in [-0.25, -0.2) is 0 Å². The van der Waals surface area contributed by atoms with Crippen molar-refractivity contribution in [2.75, 3.05) is 20.3 Å². The Balaban J connectivity index is 1.74. The lowest BCUT2D eigenvalue weighted by Gasteiger charge is -2.24.